The summed E-state index contributed by atoms with van der Waals surface area (Å²) < 4.78 is 1.98. The smallest absolute Gasteiger partial charge is 0.150 e. The Morgan fingerprint density at radius 1 is 0.553 bits per heavy atom. The van der Waals surface area contributed by atoms with Gasteiger partial charge in [0, 0.05) is 26.4 Å². The van der Waals surface area contributed by atoms with Crippen LogP contribution in [0, 0.1) is 0 Å². The number of hydrogen-bond donors (Lipinski definition) is 1. The van der Waals surface area contributed by atoms with E-state index in [4.69, 9.17) is 5.73 Å². The van der Waals surface area contributed by atoms with Gasteiger partial charge in [-0.15, -0.1) is 0 Å². The number of rotatable bonds is 17. The van der Waals surface area contributed by atoms with E-state index in [1.807, 2.05) is 66.9 Å². The molecule has 0 heterocycles. The zero-order valence-electron chi connectivity index (χ0n) is 28.5. The largest absolute Gasteiger partial charge is 0.398 e. The second-order valence-electron chi connectivity index (χ2n) is 11.9. The number of nitrogen functional groups attached to an aromatic ring is 1. The molecule has 0 spiro atoms. The Morgan fingerprint density at radius 3 is 1.45 bits per heavy atom. The molecule has 0 saturated carbocycles. The van der Waals surface area contributed by atoms with Gasteiger partial charge in [0.05, 0.1) is 5.69 Å². The van der Waals surface area contributed by atoms with Crippen LogP contribution in [-0.2, 0) is 12.8 Å². The fraction of sp³-hybridized carbons (Fsp3) is 0.381. The summed E-state index contributed by atoms with van der Waals surface area (Å²) in [6.07, 6.45) is 21.3. The topological polar surface area (TPSA) is 55.5 Å². The molecular formula is C42H54Br2N2O. The van der Waals surface area contributed by atoms with Crippen LogP contribution in [0.1, 0.15) is 118 Å². The second-order valence-corrected chi connectivity index (χ2v) is 13.6. The number of aldehydes is 1. The van der Waals surface area contributed by atoms with Crippen molar-refractivity contribution in [3.63, 3.8) is 0 Å². The average Bonchev–Trinajstić information content (AvgIpc) is 3.10. The number of nitrogens with zero attached hydrogens (tertiary/aromatic N) is 1. The molecule has 4 aromatic rings. The minimum absolute atomic E-state index is 0.770. The highest BCUT2D eigenvalue weighted by atomic mass is 79.9. The number of aliphatic imine (C=N–C) groups is 1. The maximum Gasteiger partial charge on any atom is 0.150 e. The molecule has 47 heavy (non-hydrogen) atoms. The molecule has 4 rings (SSSR count). The first kappa shape index (κ1) is 40.2. The van der Waals surface area contributed by atoms with Gasteiger partial charge >= 0.3 is 0 Å². The van der Waals surface area contributed by atoms with Gasteiger partial charge in [-0.25, -0.2) is 0 Å². The summed E-state index contributed by atoms with van der Waals surface area (Å²) in [5.41, 5.74) is 11.9. The lowest BCUT2D eigenvalue weighted by molar-refractivity contribution is 0.112. The standard InChI is InChI=1S/C21H26BrN.C15H22O.C6H6BrN/c1-2-3-4-5-6-7-10-18-13-15-19(16-14-18)17-23-21-12-9-8-11-20(21)22;1-2-3-4-5-6-7-8-14-9-11-15(13-16)12-10-14;7-5-3-1-2-4-6(5)8/h8-9,11-17H,2-7,10H2,1H3;9-13H,2-8H2,1H3;1-4H,8H2. The highest BCUT2D eigenvalue weighted by Gasteiger charge is 1.98. The van der Waals surface area contributed by atoms with Crippen LogP contribution >= 0.6 is 31.9 Å². The van der Waals surface area contributed by atoms with Crippen molar-refractivity contribution >= 4 is 55.7 Å². The lowest BCUT2D eigenvalue weighted by Gasteiger charge is -2.03. The lowest BCUT2D eigenvalue weighted by Crippen LogP contribution is -1.88. The highest BCUT2D eigenvalue weighted by molar-refractivity contribution is 9.11. The number of halogens is 2. The molecule has 0 bridgehead atoms. The fourth-order valence-corrected chi connectivity index (χ4v) is 5.60. The number of para-hydroxylation sites is 2. The number of unbranched alkanes of at least 4 members (excludes halogenated alkanes) is 10. The number of nitrogens with two attached hydrogens (primary N) is 1. The third kappa shape index (κ3) is 18.8. The van der Waals surface area contributed by atoms with E-state index in [9.17, 15) is 4.79 Å². The van der Waals surface area contributed by atoms with Crippen molar-refractivity contribution in [1.82, 2.24) is 0 Å². The fourth-order valence-electron chi connectivity index (χ4n) is 4.93. The average molecular weight is 763 g/mol. The van der Waals surface area contributed by atoms with E-state index in [0.717, 1.165) is 44.2 Å². The van der Waals surface area contributed by atoms with E-state index < -0.39 is 0 Å². The van der Waals surface area contributed by atoms with E-state index in [0.29, 0.717) is 0 Å². The molecule has 0 atom stereocenters. The van der Waals surface area contributed by atoms with Gasteiger partial charge < -0.3 is 5.73 Å². The highest BCUT2D eigenvalue weighted by Crippen LogP contribution is 2.24. The molecule has 0 saturated heterocycles. The number of carbonyl (C=O) groups is 1. The first-order valence-corrected chi connectivity index (χ1v) is 19.0. The van der Waals surface area contributed by atoms with Crippen LogP contribution in [0.15, 0.2) is 111 Å². The molecule has 5 heteroatoms. The summed E-state index contributed by atoms with van der Waals surface area (Å²) in [7, 11) is 0. The van der Waals surface area contributed by atoms with Gasteiger partial charge in [-0.1, -0.05) is 151 Å². The molecule has 0 aliphatic rings. The molecule has 2 N–H and O–H groups in total. The number of hydrogen-bond acceptors (Lipinski definition) is 3. The van der Waals surface area contributed by atoms with Crippen LogP contribution < -0.4 is 5.73 Å². The van der Waals surface area contributed by atoms with Crippen molar-refractivity contribution in [2.45, 2.75) is 104 Å². The molecule has 0 aliphatic carbocycles. The lowest BCUT2D eigenvalue weighted by atomic mass is 10.0. The third-order valence-electron chi connectivity index (χ3n) is 7.84. The minimum atomic E-state index is 0.770. The molecular weight excluding hydrogens is 708 g/mol. The molecule has 252 valence electrons. The number of aryl methyl sites for hydroxylation is 2. The molecule has 0 unspecified atom stereocenters. The van der Waals surface area contributed by atoms with Gasteiger partial charge in [0.15, 0.2) is 0 Å². The maximum atomic E-state index is 10.5. The van der Waals surface area contributed by atoms with Crippen LogP contribution in [0.5, 0.6) is 0 Å². The van der Waals surface area contributed by atoms with Crippen molar-refractivity contribution in [3.05, 3.63) is 128 Å². The van der Waals surface area contributed by atoms with Gasteiger partial charge in [0.2, 0.25) is 0 Å². The third-order valence-corrected chi connectivity index (χ3v) is 9.24. The van der Waals surface area contributed by atoms with E-state index in [-0.39, 0.29) is 0 Å². The van der Waals surface area contributed by atoms with Crippen molar-refractivity contribution in [2.24, 2.45) is 4.99 Å². The van der Waals surface area contributed by atoms with Gasteiger partial charge in [-0.05, 0) is 98.5 Å². The summed E-state index contributed by atoms with van der Waals surface area (Å²) in [6.45, 7) is 4.51. The van der Waals surface area contributed by atoms with Crippen LogP contribution in [0.25, 0.3) is 0 Å². The summed E-state index contributed by atoms with van der Waals surface area (Å²) in [6, 6.07) is 32.3. The Morgan fingerprint density at radius 2 is 1.00 bits per heavy atom. The molecule has 0 amide bonds. The van der Waals surface area contributed by atoms with Gasteiger partial charge in [0.1, 0.15) is 6.29 Å². The van der Waals surface area contributed by atoms with Crippen LogP contribution in [0.4, 0.5) is 11.4 Å². The second kappa shape index (κ2) is 26.0. The number of carbonyl (C=O) groups excluding carboxylic acids is 1. The summed E-state index contributed by atoms with van der Waals surface area (Å²) in [4.78, 5) is 15.0. The van der Waals surface area contributed by atoms with E-state index in [1.165, 1.54) is 94.6 Å². The summed E-state index contributed by atoms with van der Waals surface area (Å²) in [5, 5.41) is 0. The Balaban J connectivity index is 0.000000275. The summed E-state index contributed by atoms with van der Waals surface area (Å²) in [5.74, 6) is 0. The zero-order chi connectivity index (χ0) is 34.0. The van der Waals surface area contributed by atoms with Crippen molar-refractivity contribution in [1.29, 1.82) is 0 Å². The Labute approximate surface area is 301 Å². The van der Waals surface area contributed by atoms with Crippen LogP contribution in [0.3, 0.4) is 0 Å². The Kier molecular flexibility index (Phi) is 22.2. The molecule has 0 aromatic heterocycles. The van der Waals surface area contributed by atoms with Crippen molar-refractivity contribution in [3.8, 4) is 0 Å². The minimum Gasteiger partial charge on any atom is -0.398 e. The van der Waals surface area contributed by atoms with Crippen molar-refractivity contribution in [2.75, 3.05) is 5.73 Å². The SMILES string of the molecule is CCCCCCCCc1ccc(C=Nc2ccccc2Br)cc1.CCCCCCCCc1ccc(C=O)cc1.Nc1ccccc1Br. The normalized spacial score (nSPS) is 10.6. The van der Waals surface area contributed by atoms with Gasteiger partial charge in [-0.3, -0.25) is 9.79 Å². The first-order chi connectivity index (χ1) is 23.0. The predicted molar refractivity (Wildman–Crippen MR) is 212 cm³/mol. The monoisotopic (exact) mass is 760 g/mol. The van der Waals surface area contributed by atoms with E-state index in [1.54, 1.807) is 0 Å². The zero-order valence-corrected chi connectivity index (χ0v) is 31.7. The molecule has 0 aliphatic heterocycles. The maximum absolute atomic E-state index is 10.5. The predicted octanol–water partition coefficient (Wildman–Crippen LogP) is 13.5. The molecule has 3 nitrogen and oxygen atoms in total. The number of benzene rings is 4. The number of anilines is 1. The summed E-state index contributed by atoms with van der Waals surface area (Å²) >= 11 is 6.79. The van der Waals surface area contributed by atoms with E-state index >= 15 is 0 Å². The Bertz CT molecular complexity index is 1380. The molecule has 0 radical (unpaired) electrons. The first-order valence-electron chi connectivity index (χ1n) is 17.4. The van der Waals surface area contributed by atoms with Gasteiger partial charge in [0.25, 0.3) is 0 Å². The quantitative estimate of drug-likeness (QED) is 0.0504. The Hall–Kier alpha value is -3.02. The molecule has 4 aromatic carbocycles. The van der Waals surface area contributed by atoms with Crippen LogP contribution in [0.2, 0.25) is 0 Å². The van der Waals surface area contributed by atoms with Crippen molar-refractivity contribution < 1.29 is 4.79 Å². The molecule has 0 fully saturated rings. The van der Waals surface area contributed by atoms with Gasteiger partial charge in [-0.2, -0.15) is 0 Å². The van der Waals surface area contributed by atoms with Crippen LogP contribution in [-0.4, -0.2) is 12.5 Å². The van der Waals surface area contributed by atoms with E-state index in [2.05, 4.69) is 87.1 Å².